The minimum absolute atomic E-state index is 0.536. The highest BCUT2D eigenvalue weighted by Crippen LogP contribution is 2.19. The maximum atomic E-state index is 11.1. The molecule has 0 aliphatic carbocycles. The Balaban J connectivity index is 1.85. The van der Waals surface area contributed by atoms with Gasteiger partial charge < -0.3 is 9.47 Å². The number of benzene rings is 2. The minimum atomic E-state index is -3.24. The number of ether oxygens (including phenoxy) is 2. The summed E-state index contributed by atoms with van der Waals surface area (Å²) in [7, 11) is -3.24. The Bertz CT molecular complexity index is 727. The molecule has 0 aliphatic rings. The number of sulfonamides is 1. The van der Waals surface area contributed by atoms with Crippen molar-refractivity contribution in [1.82, 2.24) is 0 Å². The zero-order valence-corrected chi connectivity index (χ0v) is 14.1. The van der Waals surface area contributed by atoms with E-state index in [0.717, 1.165) is 29.7 Å². The molecule has 0 aromatic heterocycles. The van der Waals surface area contributed by atoms with Gasteiger partial charge in [-0.25, -0.2) is 8.42 Å². The van der Waals surface area contributed by atoms with Crippen LogP contribution in [0.15, 0.2) is 48.5 Å². The second-order valence-electron chi connectivity index (χ2n) is 5.08. The first-order chi connectivity index (χ1) is 11.0. The molecule has 0 fully saturated rings. The van der Waals surface area contributed by atoms with Crippen molar-refractivity contribution in [3.8, 4) is 11.5 Å². The van der Waals surface area contributed by atoms with Crippen LogP contribution in [0.2, 0.25) is 0 Å². The van der Waals surface area contributed by atoms with Crippen molar-refractivity contribution in [1.29, 1.82) is 0 Å². The molecule has 23 heavy (non-hydrogen) atoms. The Kier molecular flexibility index (Phi) is 5.87. The number of anilines is 1. The fourth-order valence-corrected chi connectivity index (χ4v) is 2.62. The lowest BCUT2D eigenvalue weighted by Gasteiger charge is -2.09. The van der Waals surface area contributed by atoms with Crippen LogP contribution in [0.4, 0.5) is 5.69 Å². The topological polar surface area (TPSA) is 64.6 Å². The van der Waals surface area contributed by atoms with Crippen molar-refractivity contribution in [3.63, 3.8) is 0 Å². The second-order valence-corrected chi connectivity index (χ2v) is 6.83. The van der Waals surface area contributed by atoms with Crippen LogP contribution in [0.3, 0.4) is 0 Å². The first-order valence-corrected chi connectivity index (χ1v) is 9.28. The lowest BCUT2D eigenvalue weighted by atomic mass is 10.1. The number of rotatable bonds is 8. The Morgan fingerprint density at radius 2 is 1.65 bits per heavy atom. The van der Waals surface area contributed by atoms with Gasteiger partial charge in [0.05, 0.1) is 19.5 Å². The quantitative estimate of drug-likeness (QED) is 0.805. The monoisotopic (exact) mass is 335 g/mol. The van der Waals surface area contributed by atoms with Gasteiger partial charge in [0.25, 0.3) is 0 Å². The average Bonchev–Trinajstić information content (AvgIpc) is 2.48. The highest BCUT2D eigenvalue weighted by molar-refractivity contribution is 7.92. The highest BCUT2D eigenvalue weighted by atomic mass is 32.2. The van der Waals surface area contributed by atoms with Crippen molar-refractivity contribution in [2.45, 2.75) is 13.3 Å². The zero-order chi connectivity index (χ0) is 16.7. The summed E-state index contributed by atoms with van der Waals surface area (Å²) in [6, 6.07) is 14.8. The zero-order valence-electron chi connectivity index (χ0n) is 13.3. The van der Waals surface area contributed by atoms with Crippen molar-refractivity contribution in [2.24, 2.45) is 0 Å². The first-order valence-electron chi connectivity index (χ1n) is 7.38. The largest absolute Gasteiger partial charge is 0.494 e. The molecule has 0 unspecified atom stereocenters. The van der Waals surface area contributed by atoms with Crippen molar-refractivity contribution in [2.75, 3.05) is 24.2 Å². The van der Waals surface area contributed by atoms with E-state index in [4.69, 9.17) is 9.47 Å². The van der Waals surface area contributed by atoms with E-state index in [1.165, 1.54) is 0 Å². The average molecular weight is 335 g/mol. The van der Waals surface area contributed by atoms with E-state index < -0.39 is 10.0 Å². The van der Waals surface area contributed by atoms with Crippen LogP contribution < -0.4 is 14.2 Å². The molecule has 2 rings (SSSR count). The smallest absolute Gasteiger partial charge is 0.229 e. The summed E-state index contributed by atoms with van der Waals surface area (Å²) in [4.78, 5) is 0. The molecule has 0 atom stereocenters. The molecule has 2 aromatic carbocycles. The first kappa shape index (κ1) is 17.1. The summed E-state index contributed by atoms with van der Waals surface area (Å²) in [6.45, 7) is 3.10. The van der Waals surface area contributed by atoms with E-state index in [0.29, 0.717) is 18.9 Å². The SMILES string of the molecule is CCOc1cccc(OCCc2ccc(NS(C)(=O)=O)cc2)c1. The Morgan fingerprint density at radius 1 is 1.00 bits per heavy atom. The van der Waals surface area contributed by atoms with Crippen molar-refractivity contribution in [3.05, 3.63) is 54.1 Å². The van der Waals surface area contributed by atoms with Crippen molar-refractivity contribution >= 4 is 15.7 Å². The molecule has 5 nitrogen and oxygen atoms in total. The Morgan fingerprint density at radius 3 is 2.26 bits per heavy atom. The molecule has 0 saturated heterocycles. The van der Waals surface area contributed by atoms with E-state index in [-0.39, 0.29) is 0 Å². The van der Waals surface area contributed by atoms with E-state index >= 15 is 0 Å². The Hall–Kier alpha value is -2.21. The summed E-state index contributed by atoms with van der Waals surface area (Å²) in [6.07, 6.45) is 1.86. The molecule has 2 aromatic rings. The van der Waals surface area contributed by atoms with Gasteiger partial charge in [-0.05, 0) is 36.8 Å². The highest BCUT2D eigenvalue weighted by Gasteiger charge is 2.02. The number of nitrogens with one attached hydrogen (secondary N) is 1. The standard InChI is InChI=1S/C17H21NO4S/c1-3-21-16-5-4-6-17(13-16)22-12-11-14-7-9-15(10-8-14)18-23(2,19)20/h4-10,13,18H,3,11-12H2,1-2H3. The van der Waals surface area contributed by atoms with Crippen LogP contribution in [0, 0.1) is 0 Å². The molecule has 0 spiro atoms. The normalized spacial score (nSPS) is 11.0. The molecular weight excluding hydrogens is 314 g/mol. The molecule has 0 saturated carbocycles. The van der Waals surface area contributed by atoms with Crippen LogP contribution in [0.1, 0.15) is 12.5 Å². The summed E-state index contributed by atoms with van der Waals surface area (Å²) in [5.74, 6) is 1.56. The molecule has 0 radical (unpaired) electrons. The lowest BCUT2D eigenvalue weighted by Crippen LogP contribution is -2.09. The predicted octanol–water partition coefficient (Wildman–Crippen LogP) is 3.08. The van der Waals surface area contributed by atoms with Gasteiger partial charge in [-0.2, -0.15) is 0 Å². The van der Waals surface area contributed by atoms with Crippen LogP contribution in [0.25, 0.3) is 0 Å². The molecule has 0 heterocycles. The van der Waals surface area contributed by atoms with Crippen LogP contribution in [-0.4, -0.2) is 27.9 Å². The molecule has 1 N–H and O–H groups in total. The van der Waals surface area contributed by atoms with Crippen LogP contribution in [0.5, 0.6) is 11.5 Å². The van der Waals surface area contributed by atoms with E-state index in [1.54, 1.807) is 12.1 Å². The molecule has 0 amide bonds. The predicted molar refractivity (Wildman–Crippen MR) is 91.7 cm³/mol. The van der Waals surface area contributed by atoms with Gasteiger partial charge in [0.15, 0.2) is 0 Å². The third-order valence-corrected chi connectivity index (χ3v) is 3.64. The fraction of sp³-hybridized carbons (Fsp3) is 0.294. The number of hydrogen-bond donors (Lipinski definition) is 1. The van der Waals surface area contributed by atoms with Gasteiger partial charge in [0, 0.05) is 18.2 Å². The molecule has 0 bridgehead atoms. The van der Waals surface area contributed by atoms with Gasteiger partial charge in [-0.15, -0.1) is 0 Å². The van der Waals surface area contributed by atoms with Gasteiger partial charge in [-0.1, -0.05) is 18.2 Å². The van der Waals surface area contributed by atoms with Gasteiger partial charge in [0.1, 0.15) is 11.5 Å². The summed E-state index contributed by atoms with van der Waals surface area (Å²) in [5.41, 5.74) is 1.63. The van der Waals surface area contributed by atoms with Gasteiger partial charge in [0.2, 0.25) is 10.0 Å². The van der Waals surface area contributed by atoms with Gasteiger partial charge in [-0.3, -0.25) is 4.72 Å². The maximum Gasteiger partial charge on any atom is 0.229 e. The fourth-order valence-electron chi connectivity index (χ4n) is 2.06. The molecular formula is C17H21NO4S. The van der Waals surface area contributed by atoms with Crippen molar-refractivity contribution < 1.29 is 17.9 Å². The number of hydrogen-bond acceptors (Lipinski definition) is 4. The molecule has 124 valence electrons. The molecule has 6 heteroatoms. The van der Waals surface area contributed by atoms with E-state index in [2.05, 4.69) is 4.72 Å². The summed E-state index contributed by atoms with van der Waals surface area (Å²) < 4.78 is 35.9. The third kappa shape index (κ3) is 6.20. The lowest BCUT2D eigenvalue weighted by molar-refractivity contribution is 0.312. The van der Waals surface area contributed by atoms with Crippen LogP contribution in [-0.2, 0) is 16.4 Å². The summed E-state index contributed by atoms with van der Waals surface area (Å²) >= 11 is 0. The molecule has 0 aliphatic heterocycles. The third-order valence-electron chi connectivity index (χ3n) is 3.03. The van der Waals surface area contributed by atoms with Crippen LogP contribution >= 0.6 is 0 Å². The van der Waals surface area contributed by atoms with E-state index in [1.807, 2.05) is 43.3 Å². The summed E-state index contributed by atoms with van der Waals surface area (Å²) in [5, 5.41) is 0. The Labute approximate surface area is 137 Å². The maximum absolute atomic E-state index is 11.1. The minimum Gasteiger partial charge on any atom is -0.494 e. The second kappa shape index (κ2) is 7.87. The van der Waals surface area contributed by atoms with Gasteiger partial charge >= 0.3 is 0 Å². The van der Waals surface area contributed by atoms with E-state index in [9.17, 15) is 8.42 Å².